The predicted molar refractivity (Wildman–Crippen MR) is 110 cm³/mol. The molecule has 26 heavy (non-hydrogen) atoms. The first-order chi connectivity index (χ1) is 12.7. The molecule has 4 aromatic carbocycles. The molecular weight excluding hydrogens is 363 g/mol. The Morgan fingerprint density at radius 2 is 1.38 bits per heavy atom. The van der Waals surface area contributed by atoms with Gasteiger partial charge in [-0.05, 0) is 57.8 Å². The molecule has 4 aromatic rings. The van der Waals surface area contributed by atoms with E-state index in [1.165, 1.54) is 10.8 Å². The van der Waals surface area contributed by atoms with Crippen molar-refractivity contribution in [2.24, 2.45) is 0 Å². The molecule has 0 saturated heterocycles. The Morgan fingerprint density at radius 1 is 0.654 bits per heavy atom. The van der Waals surface area contributed by atoms with E-state index in [1.54, 1.807) is 18.2 Å². The van der Waals surface area contributed by atoms with Crippen LogP contribution in [0.15, 0.2) is 78.9 Å². The summed E-state index contributed by atoms with van der Waals surface area (Å²) >= 11 is 12.5. The van der Waals surface area contributed by atoms with Gasteiger partial charge in [0.1, 0.15) is 0 Å². The molecule has 1 nitrogen and oxygen atoms in total. The van der Waals surface area contributed by atoms with Crippen LogP contribution in [0.25, 0.3) is 33.0 Å². The van der Waals surface area contributed by atoms with Crippen LogP contribution in [-0.2, 0) is 0 Å². The number of rotatable bonds is 3. The summed E-state index contributed by atoms with van der Waals surface area (Å²) in [7, 11) is 0. The Hall–Kier alpha value is -2.61. The Balaban J connectivity index is 1.90. The second-order valence-corrected chi connectivity index (χ2v) is 6.95. The molecule has 0 aliphatic carbocycles. The van der Waals surface area contributed by atoms with Crippen LogP contribution in [0.1, 0.15) is 10.4 Å². The van der Waals surface area contributed by atoms with Crippen LogP contribution >= 0.6 is 23.2 Å². The number of carbonyl (C=O) groups is 1. The van der Waals surface area contributed by atoms with Crippen molar-refractivity contribution < 1.29 is 4.79 Å². The van der Waals surface area contributed by atoms with Gasteiger partial charge in [-0.3, -0.25) is 4.79 Å². The third kappa shape index (κ3) is 3.12. The minimum atomic E-state index is 0.563. The zero-order valence-corrected chi connectivity index (χ0v) is 15.3. The fourth-order valence-corrected chi connectivity index (χ4v) is 3.54. The van der Waals surface area contributed by atoms with Crippen molar-refractivity contribution >= 4 is 40.3 Å². The molecule has 0 radical (unpaired) electrons. The van der Waals surface area contributed by atoms with E-state index in [0.29, 0.717) is 15.6 Å². The number of fused-ring (bicyclic) bond motifs is 1. The minimum absolute atomic E-state index is 0.563. The zero-order chi connectivity index (χ0) is 18.1. The summed E-state index contributed by atoms with van der Waals surface area (Å²) in [5.74, 6) is 0. The molecule has 0 heterocycles. The topological polar surface area (TPSA) is 17.1 Å². The first kappa shape index (κ1) is 16.8. The van der Waals surface area contributed by atoms with Crippen molar-refractivity contribution in [3.05, 3.63) is 94.5 Å². The van der Waals surface area contributed by atoms with Crippen LogP contribution in [0.4, 0.5) is 0 Å². The molecule has 126 valence electrons. The maximum Gasteiger partial charge on any atom is 0.150 e. The van der Waals surface area contributed by atoms with Crippen molar-refractivity contribution in [2.75, 3.05) is 0 Å². The molecule has 0 aromatic heterocycles. The van der Waals surface area contributed by atoms with E-state index < -0.39 is 0 Å². The molecule has 0 atom stereocenters. The van der Waals surface area contributed by atoms with Crippen molar-refractivity contribution in [1.29, 1.82) is 0 Å². The van der Waals surface area contributed by atoms with E-state index in [-0.39, 0.29) is 0 Å². The summed E-state index contributed by atoms with van der Waals surface area (Å²) in [5.41, 5.74) is 4.22. The van der Waals surface area contributed by atoms with E-state index >= 15 is 0 Å². The van der Waals surface area contributed by atoms with Gasteiger partial charge in [0.05, 0.1) is 0 Å². The lowest BCUT2D eigenvalue weighted by Gasteiger charge is -2.11. The zero-order valence-electron chi connectivity index (χ0n) is 13.7. The van der Waals surface area contributed by atoms with Gasteiger partial charge < -0.3 is 0 Å². The normalized spacial score (nSPS) is 10.8. The average molecular weight is 377 g/mol. The van der Waals surface area contributed by atoms with Crippen LogP contribution in [-0.4, -0.2) is 6.29 Å². The quantitative estimate of drug-likeness (QED) is 0.343. The summed E-state index contributed by atoms with van der Waals surface area (Å²) in [5, 5.41) is 3.51. The minimum Gasteiger partial charge on any atom is -0.298 e. The van der Waals surface area contributed by atoms with Crippen LogP contribution in [0, 0.1) is 0 Å². The Morgan fingerprint density at radius 3 is 2.19 bits per heavy atom. The lowest BCUT2D eigenvalue weighted by Crippen LogP contribution is -1.90. The van der Waals surface area contributed by atoms with E-state index in [0.717, 1.165) is 28.5 Å². The molecule has 0 unspecified atom stereocenters. The lowest BCUT2D eigenvalue weighted by atomic mass is 9.94. The molecule has 0 amide bonds. The highest BCUT2D eigenvalue weighted by Crippen LogP contribution is 2.35. The van der Waals surface area contributed by atoms with Crippen LogP contribution < -0.4 is 0 Å². The van der Waals surface area contributed by atoms with Gasteiger partial charge in [-0.25, -0.2) is 0 Å². The average Bonchev–Trinajstić information content (AvgIpc) is 2.69. The number of hydrogen-bond acceptors (Lipinski definition) is 1. The standard InChI is InChI=1S/C23H14Cl2O/c24-20-9-10-23(25)22(13-20)21-12-18(7-8-19(21)14-26)17-6-5-15-3-1-2-4-16(15)11-17/h1-14H. The van der Waals surface area contributed by atoms with E-state index in [4.69, 9.17) is 23.2 Å². The summed E-state index contributed by atoms with van der Waals surface area (Å²) in [6.45, 7) is 0. The van der Waals surface area contributed by atoms with E-state index in [1.807, 2.05) is 30.3 Å². The molecule has 0 fully saturated rings. The number of aldehydes is 1. The van der Waals surface area contributed by atoms with Crippen molar-refractivity contribution in [3.63, 3.8) is 0 Å². The lowest BCUT2D eigenvalue weighted by molar-refractivity contribution is 0.112. The fraction of sp³-hybridized carbons (Fsp3) is 0. The molecular formula is C23H14Cl2O. The van der Waals surface area contributed by atoms with E-state index in [2.05, 4.69) is 30.3 Å². The number of benzene rings is 4. The van der Waals surface area contributed by atoms with Gasteiger partial charge >= 0.3 is 0 Å². The number of hydrogen-bond donors (Lipinski definition) is 0. The molecule has 0 N–H and O–H groups in total. The van der Waals surface area contributed by atoms with Gasteiger partial charge in [0.2, 0.25) is 0 Å². The maximum atomic E-state index is 11.5. The first-order valence-electron chi connectivity index (χ1n) is 8.19. The Labute approximate surface area is 161 Å². The molecule has 4 rings (SSSR count). The summed E-state index contributed by atoms with van der Waals surface area (Å²) < 4.78 is 0. The molecule has 0 saturated carbocycles. The smallest absolute Gasteiger partial charge is 0.150 e. The molecule has 0 bridgehead atoms. The largest absolute Gasteiger partial charge is 0.298 e. The maximum absolute atomic E-state index is 11.5. The van der Waals surface area contributed by atoms with Gasteiger partial charge in [0.15, 0.2) is 6.29 Å². The number of halogens is 2. The van der Waals surface area contributed by atoms with Crippen molar-refractivity contribution in [2.45, 2.75) is 0 Å². The van der Waals surface area contributed by atoms with Crippen LogP contribution in [0.5, 0.6) is 0 Å². The van der Waals surface area contributed by atoms with E-state index in [9.17, 15) is 4.79 Å². The number of carbonyl (C=O) groups excluding carboxylic acids is 1. The third-order valence-corrected chi connectivity index (χ3v) is 5.05. The monoisotopic (exact) mass is 376 g/mol. The van der Waals surface area contributed by atoms with Gasteiger partial charge in [-0.15, -0.1) is 0 Å². The highest BCUT2D eigenvalue weighted by molar-refractivity contribution is 6.35. The van der Waals surface area contributed by atoms with Crippen molar-refractivity contribution in [3.8, 4) is 22.3 Å². The predicted octanol–water partition coefficient (Wildman–Crippen LogP) is 7.29. The molecule has 0 aliphatic heterocycles. The molecule has 0 aliphatic rings. The highest BCUT2D eigenvalue weighted by Gasteiger charge is 2.11. The highest BCUT2D eigenvalue weighted by atomic mass is 35.5. The molecule has 0 spiro atoms. The third-order valence-electron chi connectivity index (χ3n) is 4.48. The van der Waals surface area contributed by atoms with Gasteiger partial charge in [0, 0.05) is 21.2 Å². The Bertz CT molecular complexity index is 1130. The first-order valence-corrected chi connectivity index (χ1v) is 8.95. The van der Waals surface area contributed by atoms with Crippen LogP contribution in [0.3, 0.4) is 0 Å². The SMILES string of the molecule is O=Cc1ccc(-c2ccc3ccccc3c2)cc1-c1cc(Cl)ccc1Cl. The van der Waals surface area contributed by atoms with Gasteiger partial charge in [0.25, 0.3) is 0 Å². The summed E-state index contributed by atoms with van der Waals surface area (Å²) in [4.78, 5) is 11.5. The van der Waals surface area contributed by atoms with Gasteiger partial charge in [-0.1, -0.05) is 71.7 Å². The molecule has 3 heteroatoms. The summed E-state index contributed by atoms with van der Waals surface area (Å²) in [6, 6.07) is 25.6. The Kier molecular flexibility index (Phi) is 4.50. The summed E-state index contributed by atoms with van der Waals surface area (Å²) in [6.07, 6.45) is 0.844. The fourth-order valence-electron chi connectivity index (χ4n) is 3.14. The second kappa shape index (κ2) is 6.95. The second-order valence-electron chi connectivity index (χ2n) is 6.11. The van der Waals surface area contributed by atoms with Crippen LogP contribution in [0.2, 0.25) is 10.0 Å². The van der Waals surface area contributed by atoms with Crippen molar-refractivity contribution in [1.82, 2.24) is 0 Å². The van der Waals surface area contributed by atoms with Gasteiger partial charge in [-0.2, -0.15) is 0 Å².